The predicted molar refractivity (Wildman–Crippen MR) is 116 cm³/mol. The molecule has 0 bridgehead atoms. The Morgan fingerprint density at radius 2 is 2.00 bits per heavy atom. The van der Waals surface area contributed by atoms with Gasteiger partial charge in [-0.2, -0.15) is 0 Å². The number of nitrogens with one attached hydrogen (secondary N) is 1. The van der Waals surface area contributed by atoms with Crippen LogP contribution in [0.25, 0.3) is 0 Å². The molecule has 1 heterocycles. The standard InChI is InChI=1S/C22H27ClN2OS/c1-2-21(27-19-12-10-18(23)11-13-19)22(26)24-14-6-16-25-15-5-8-17-7-3-4-9-20(17)25/h3-4,7,9-13,21H,2,5-6,8,14-16H2,1H3,(H,24,26). The lowest BCUT2D eigenvalue weighted by Crippen LogP contribution is -2.36. The van der Waals surface area contributed by atoms with Crippen molar-refractivity contribution in [3.8, 4) is 0 Å². The molecule has 0 saturated carbocycles. The second kappa shape index (κ2) is 10.0. The van der Waals surface area contributed by atoms with Crippen LogP contribution in [-0.4, -0.2) is 30.8 Å². The average Bonchev–Trinajstić information content (AvgIpc) is 2.70. The van der Waals surface area contributed by atoms with Crippen LogP contribution < -0.4 is 10.2 Å². The summed E-state index contributed by atoms with van der Waals surface area (Å²) in [4.78, 5) is 16.0. The van der Waals surface area contributed by atoms with Gasteiger partial charge in [0.15, 0.2) is 0 Å². The van der Waals surface area contributed by atoms with Crippen molar-refractivity contribution in [3.05, 3.63) is 59.1 Å². The highest BCUT2D eigenvalue weighted by Gasteiger charge is 2.18. The highest BCUT2D eigenvalue weighted by molar-refractivity contribution is 8.00. The normalized spacial score (nSPS) is 14.5. The number of carbonyl (C=O) groups is 1. The molecule has 0 aliphatic carbocycles. The predicted octanol–water partition coefficient (Wildman–Crippen LogP) is 5.17. The number of rotatable bonds is 8. The van der Waals surface area contributed by atoms with Crippen LogP contribution in [0.2, 0.25) is 5.02 Å². The number of anilines is 1. The molecule has 2 aromatic rings. The Morgan fingerprint density at radius 1 is 1.22 bits per heavy atom. The molecule has 3 nitrogen and oxygen atoms in total. The van der Waals surface area contributed by atoms with Crippen LogP contribution in [0.15, 0.2) is 53.4 Å². The molecule has 0 saturated heterocycles. The number of thioether (sulfide) groups is 1. The molecule has 3 rings (SSSR count). The number of nitrogens with zero attached hydrogens (tertiary/aromatic N) is 1. The number of aryl methyl sites for hydroxylation is 1. The zero-order valence-electron chi connectivity index (χ0n) is 15.8. The van der Waals surface area contributed by atoms with E-state index >= 15 is 0 Å². The second-order valence-corrected chi connectivity index (χ2v) is 8.55. The number of hydrogen-bond acceptors (Lipinski definition) is 3. The first-order valence-electron chi connectivity index (χ1n) is 9.70. The van der Waals surface area contributed by atoms with Gasteiger partial charge in [-0.25, -0.2) is 0 Å². The summed E-state index contributed by atoms with van der Waals surface area (Å²) >= 11 is 7.53. The summed E-state index contributed by atoms with van der Waals surface area (Å²) in [6.45, 7) is 4.86. The maximum atomic E-state index is 12.5. The minimum atomic E-state index is -0.0677. The fourth-order valence-electron chi connectivity index (χ4n) is 3.44. The molecule has 1 unspecified atom stereocenters. The van der Waals surface area contributed by atoms with E-state index in [4.69, 9.17) is 11.6 Å². The van der Waals surface area contributed by atoms with Gasteiger partial charge in [0.2, 0.25) is 5.91 Å². The van der Waals surface area contributed by atoms with Crippen LogP contribution >= 0.6 is 23.4 Å². The van der Waals surface area contributed by atoms with Gasteiger partial charge in [0, 0.05) is 35.2 Å². The van der Waals surface area contributed by atoms with Crippen LogP contribution in [0.4, 0.5) is 5.69 Å². The Morgan fingerprint density at radius 3 is 2.78 bits per heavy atom. The monoisotopic (exact) mass is 402 g/mol. The van der Waals surface area contributed by atoms with E-state index in [0.29, 0.717) is 0 Å². The van der Waals surface area contributed by atoms with Gasteiger partial charge in [-0.15, -0.1) is 11.8 Å². The summed E-state index contributed by atoms with van der Waals surface area (Å²) in [6.07, 6.45) is 4.14. The topological polar surface area (TPSA) is 32.3 Å². The molecule has 144 valence electrons. The summed E-state index contributed by atoms with van der Waals surface area (Å²) in [7, 11) is 0. The van der Waals surface area contributed by atoms with Gasteiger partial charge >= 0.3 is 0 Å². The van der Waals surface area contributed by atoms with Crippen molar-refractivity contribution in [1.82, 2.24) is 5.32 Å². The van der Waals surface area contributed by atoms with Gasteiger partial charge in [0.1, 0.15) is 0 Å². The van der Waals surface area contributed by atoms with Crippen molar-refractivity contribution in [2.45, 2.75) is 42.8 Å². The molecule has 1 amide bonds. The van der Waals surface area contributed by atoms with Gasteiger partial charge in [-0.3, -0.25) is 4.79 Å². The van der Waals surface area contributed by atoms with E-state index in [-0.39, 0.29) is 11.2 Å². The van der Waals surface area contributed by atoms with Crippen molar-refractivity contribution in [1.29, 1.82) is 0 Å². The van der Waals surface area contributed by atoms with Gasteiger partial charge in [0.25, 0.3) is 0 Å². The summed E-state index contributed by atoms with van der Waals surface area (Å²) < 4.78 is 0. The third-order valence-electron chi connectivity index (χ3n) is 4.87. The molecular formula is C22H27ClN2OS. The molecule has 0 fully saturated rings. The largest absolute Gasteiger partial charge is 0.371 e. The van der Waals surface area contributed by atoms with Gasteiger partial charge in [-0.05, 0) is 61.6 Å². The number of hydrogen-bond donors (Lipinski definition) is 1. The van der Waals surface area contributed by atoms with Crippen molar-refractivity contribution < 1.29 is 4.79 Å². The first-order valence-corrected chi connectivity index (χ1v) is 11.0. The Hall–Kier alpha value is -1.65. The number of para-hydroxylation sites is 1. The van der Waals surface area contributed by atoms with Gasteiger partial charge < -0.3 is 10.2 Å². The third kappa shape index (κ3) is 5.66. The third-order valence-corrected chi connectivity index (χ3v) is 6.49. The molecule has 1 aliphatic heterocycles. The zero-order chi connectivity index (χ0) is 19.1. The summed E-state index contributed by atoms with van der Waals surface area (Å²) in [6, 6.07) is 16.3. The molecule has 1 aliphatic rings. The number of amides is 1. The van der Waals surface area contributed by atoms with E-state index in [1.54, 1.807) is 11.8 Å². The summed E-state index contributed by atoms with van der Waals surface area (Å²) in [5, 5.41) is 3.77. The molecule has 1 atom stereocenters. The minimum absolute atomic E-state index is 0.0677. The summed E-state index contributed by atoms with van der Waals surface area (Å²) in [5.41, 5.74) is 2.80. The number of halogens is 1. The maximum absolute atomic E-state index is 12.5. The molecular weight excluding hydrogens is 376 g/mol. The van der Waals surface area contributed by atoms with E-state index in [1.165, 1.54) is 24.1 Å². The molecule has 5 heteroatoms. The molecule has 1 N–H and O–H groups in total. The molecule has 0 aromatic heterocycles. The highest BCUT2D eigenvalue weighted by atomic mass is 35.5. The lowest BCUT2D eigenvalue weighted by Gasteiger charge is -2.31. The Bertz CT molecular complexity index is 750. The maximum Gasteiger partial charge on any atom is 0.233 e. The van der Waals surface area contributed by atoms with E-state index in [9.17, 15) is 4.79 Å². The smallest absolute Gasteiger partial charge is 0.233 e. The van der Waals surface area contributed by atoms with E-state index in [1.807, 2.05) is 24.3 Å². The molecule has 2 aromatic carbocycles. The van der Waals surface area contributed by atoms with Crippen molar-refractivity contribution in [2.75, 3.05) is 24.5 Å². The fraction of sp³-hybridized carbons (Fsp3) is 0.409. The number of benzene rings is 2. The minimum Gasteiger partial charge on any atom is -0.371 e. The van der Waals surface area contributed by atoms with Crippen molar-refractivity contribution >= 4 is 35.0 Å². The first kappa shape index (κ1) is 20.1. The van der Waals surface area contributed by atoms with Crippen LogP contribution in [0, 0.1) is 0 Å². The lowest BCUT2D eigenvalue weighted by molar-refractivity contribution is -0.120. The summed E-state index contributed by atoms with van der Waals surface area (Å²) in [5.74, 6) is 0.122. The fourth-order valence-corrected chi connectivity index (χ4v) is 4.54. The molecule has 0 radical (unpaired) electrons. The average molecular weight is 403 g/mol. The van der Waals surface area contributed by atoms with Gasteiger partial charge in [0.05, 0.1) is 5.25 Å². The van der Waals surface area contributed by atoms with Crippen LogP contribution in [-0.2, 0) is 11.2 Å². The Balaban J connectivity index is 1.44. The van der Waals surface area contributed by atoms with E-state index in [0.717, 1.165) is 42.4 Å². The number of carbonyl (C=O) groups excluding carboxylic acids is 1. The molecule has 0 spiro atoms. The number of fused-ring (bicyclic) bond motifs is 1. The van der Waals surface area contributed by atoms with Crippen LogP contribution in [0.1, 0.15) is 31.7 Å². The first-order chi connectivity index (χ1) is 13.2. The zero-order valence-corrected chi connectivity index (χ0v) is 17.4. The SMILES string of the molecule is CCC(Sc1ccc(Cl)cc1)C(=O)NCCCN1CCCc2ccccc21. The van der Waals surface area contributed by atoms with Gasteiger partial charge in [-0.1, -0.05) is 36.7 Å². The quantitative estimate of drug-likeness (QED) is 0.488. The second-order valence-electron chi connectivity index (χ2n) is 6.83. The van der Waals surface area contributed by atoms with Crippen molar-refractivity contribution in [2.24, 2.45) is 0 Å². The molecule has 27 heavy (non-hydrogen) atoms. The van der Waals surface area contributed by atoms with E-state index < -0.39 is 0 Å². The van der Waals surface area contributed by atoms with Crippen molar-refractivity contribution in [3.63, 3.8) is 0 Å². The van der Waals surface area contributed by atoms with Crippen LogP contribution in [0.3, 0.4) is 0 Å². The van der Waals surface area contributed by atoms with Crippen LogP contribution in [0.5, 0.6) is 0 Å². The Labute approximate surface area is 171 Å². The Kier molecular flexibility index (Phi) is 7.48. The lowest BCUT2D eigenvalue weighted by atomic mass is 10.0. The highest BCUT2D eigenvalue weighted by Crippen LogP contribution is 2.27. The van der Waals surface area contributed by atoms with E-state index in [2.05, 4.69) is 41.4 Å².